The van der Waals surface area contributed by atoms with Gasteiger partial charge in [0.25, 0.3) is 0 Å². The molecule has 31 heavy (non-hydrogen) atoms. The van der Waals surface area contributed by atoms with Crippen LogP contribution in [0, 0.1) is 18.3 Å². The molecule has 2 unspecified atom stereocenters. The molecule has 9 heteroatoms. The zero-order chi connectivity index (χ0) is 23.0. The first-order chi connectivity index (χ1) is 14.4. The second kappa shape index (κ2) is 8.63. The lowest BCUT2D eigenvalue weighted by atomic mass is 9.75. The van der Waals surface area contributed by atoms with E-state index in [4.69, 9.17) is 9.47 Å². The van der Waals surface area contributed by atoms with Crippen LogP contribution in [-0.4, -0.2) is 39.1 Å². The normalized spacial score (nSPS) is 18.7. The molecule has 0 aliphatic carbocycles. The van der Waals surface area contributed by atoms with Crippen LogP contribution in [0.3, 0.4) is 0 Å². The van der Waals surface area contributed by atoms with Crippen LogP contribution in [0.25, 0.3) is 0 Å². The minimum atomic E-state index is -3.93. The van der Waals surface area contributed by atoms with E-state index in [9.17, 15) is 18.0 Å². The van der Waals surface area contributed by atoms with Gasteiger partial charge in [0.05, 0.1) is 29.8 Å². The van der Waals surface area contributed by atoms with Crippen LogP contribution in [0.15, 0.2) is 46.9 Å². The van der Waals surface area contributed by atoms with Gasteiger partial charge in [-0.15, -0.1) is 0 Å². The molecule has 2 aromatic carbocycles. The van der Waals surface area contributed by atoms with E-state index in [2.05, 4.69) is 20.7 Å². The van der Waals surface area contributed by atoms with Gasteiger partial charge in [-0.3, -0.25) is 14.3 Å². The Bertz CT molecular complexity index is 1110. The summed E-state index contributed by atoms with van der Waals surface area (Å²) in [5.74, 6) is -2.36. The molecular weight excluding hydrogens is 486 g/mol. The number of Topliss-reactive ketones (excluding diaryl/α,β-unsaturated/α-hetero) is 1. The predicted octanol–water partition coefficient (Wildman–Crippen LogP) is 3.96. The third-order valence-electron chi connectivity index (χ3n) is 5.31. The molecule has 0 bridgehead atoms. The fourth-order valence-corrected chi connectivity index (χ4v) is 5.36. The van der Waals surface area contributed by atoms with Crippen LogP contribution >= 0.6 is 15.9 Å². The van der Waals surface area contributed by atoms with Gasteiger partial charge in [0.15, 0.2) is 5.78 Å². The van der Waals surface area contributed by atoms with Crippen molar-refractivity contribution in [1.82, 2.24) is 0 Å². The monoisotopic (exact) mass is 509 g/mol. The second-order valence-corrected chi connectivity index (χ2v) is 10.8. The smallest absolute Gasteiger partial charge is 0.315 e. The number of esters is 1. The number of anilines is 1. The molecule has 0 saturated carbocycles. The largest absolute Gasteiger partial charge is 0.488 e. The first kappa shape index (κ1) is 23.3. The van der Waals surface area contributed by atoms with Crippen LogP contribution in [0.2, 0.25) is 0 Å². The first-order valence-electron chi connectivity index (χ1n) is 9.60. The predicted molar refractivity (Wildman–Crippen MR) is 121 cm³/mol. The summed E-state index contributed by atoms with van der Waals surface area (Å²) in [5.41, 5.74) is 0.378. The maximum absolute atomic E-state index is 13.4. The number of halogens is 1. The Morgan fingerprint density at radius 1 is 1.19 bits per heavy atom. The molecular formula is C22H24BrNO6S. The highest BCUT2D eigenvalue weighted by Crippen LogP contribution is 2.41. The van der Waals surface area contributed by atoms with E-state index in [1.807, 2.05) is 6.92 Å². The Morgan fingerprint density at radius 3 is 2.45 bits per heavy atom. The number of rotatable bonds is 6. The van der Waals surface area contributed by atoms with E-state index in [0.29, 0.717) is 15.9 Å². The van der Waals surface area contributed by atoms with Crippen molar-refractivity contribution in [2.45, 2.75) is 26.9 Å². The molecule has 166 valence electrons. The topological polar surface area (TPSA) is 98.8 Å². The van der Waals surface area contributed by atoms with Gasteiger partial charge in [0, 0.05) is 10.2 Å². The van der Waals surface area contributed by atoms with E-state index in [1.54, 1.807) is 56.3 Å². The first-order valence-corrected chi connectivity index (χ1v) is 12.0. The average Bonchev–Trinajstić information content (AvgIpc) is 2.71. The second-order valence-electron chi connectivity index (χ2n) is 8.11. The van der Waals surface area contributed by atoms with Crippen LogP contribution in [0.1, 0.15) is 29.8 Å². The van der Waals surface area contributed by atoms with Crippen molar-refractivity contribution in [3.05, 3.63) is 58.1 Å². The number of sulfonamides is 1. The van der Waals surface area contributed by atoms with Crippen LogP contribution in [-0.2, 0) is 19.6 Å². The summed E-state index contributed by atoms with van der Waals surface area (Å²) < 4.78 is 40.0. The van der Waals surface area contributed by atoms with Gasteiger partial charge in [0.2, 0.25) is 10.0 Å². The molecule has 1 aliphatic rings. The van der Waals surface area contributed by atoms with Crippen LogP contribution < -0.4 is 9.46 Å². The van der Waals surface area contributed by atoms with Gasteiger partial charge in [-0.1, -0.05) is 33.6 Å². The van der Waals surface area contributed by atoms with Crippen molar-refractivity contribution < 1.29 is 27.5 Å². The molecule has 0 fully saturated rings. The summed E-state index contributed by atoms with van der Waals surface area (Å²) in [6.45, 7) is 5.05. The third-order valence-corrected chi connectivity index (χ3v) is 7.15. The molecule has 0 spiro atoms. The van der Waals surface area contributed by atoms with Gasteiger partial charge in [0.1, 0.15) is 11.9 Å². The third kappa shape index (κ3) is 4.93. The van der Waals surface area contributed by atoms with Gasteiger partial charge in [-0.05, 0) is 51.1 Å². The van der Waals surface area contributed by atoms with Gasteiger partial charge in [-0.25, -0.2) is 8.42 Å². The van der Waals surface area contributed by atoms with Crippen molar-refractivity contribution in [3.8, 4) is 5.75 Å². The average molecular weight is 510 g/mol. The van der Waals surface area contributed by atoms with Gasteiger partial charge < -0.3 is 9.47 Å². The molecule has 0 saturated heterocycles. The van der Waals surface area contributed by atoms with E-state index < -0.39 is 45.0 Å². The summed E-state index contributed by atoms with van der Waals surface area (Å²) in [6.07, 6.45) is -1.03. The Morgan fingerprint density at radius 2 is 1.84 bits per heavy atom. The summed E-state index contributed by atoms with van der Waals surface area (Å²) in [5, 5.41) is 0. The van der Waals surface area contributed by atoms with E-state index in [1.165, 1.54) is 7.11 Å². The number of methoxy groups -OCH3 is 1. The summed E-state index contributed by atoms with van der Waals surface area (Å²) in [6, 6.07) is 11.8. The highest BCUT2D eigenvalue weighted by molar-refractivity contribution is 9.10. The summed E-state index contributed by atoms with van der Waals surface area (Å²) >= 11 is 3.33. The number of aryl methyl sites for hydroxylation is 1. The zero-order valence-electron chi connectivity index (χ0n) is 17.6. The molecule has 1 heterocycles. The lowest BCUT2D eigenvalue weighted by molar-refractivity contribution is -0.157. The van der Waals surface area contributed by atoms with Crippen molar-refractivity contribution >= 4 is 43.4 Å². The van der Waals surface area contributed by atoms with Crippen LogP contribution in [0.5, 0.6) is 5.75 Å². The Kier molecular flexibility index (Phi) is 6.48. The minimum absolute atomic E-state index is 0.266. The molecule has 0 radical (unpaired) electrons. The van der Waals surface area contributed by atoms with E-state index in [0.717, 1.165) is 5.56 Å². The molecule has 3 rings (SSSR count). The molecule has 0 amide bonds. The van der Waals surface area contributed by atoms with E-state index >= 15 is 0 Å². The molecule has 2 atom stereocenters. The quantitative estimate of drug-likeness (QED) is 0.591. The minimum Gasteiger partial charge on any atom is -0.488 e. The van der Waals surface area contributed by atoms with Crippen molar-refractivity contribution in [2.24, 2.45) is 11.3 Å². The molecule has 2 aromatic rings. The Hall–Kier alpha value is -2.39. The number of nitrogens with one attached hydrogen (secondary N) is 1. The number of carbonyl (C=O) groups excluding carboxylic acids is 2. The summed E-state index contributed by atoms with van der Waals surface area (Å²) in [7, 11) is -2.69. The molecule has 7 nitrogen and oxygen atoms in total. The number of hydrogen-bond donors (Lipinski definition) is 1. The number of benzene rings is 2. The maximum Gasteiger partial charge on any atom is 0.315 e. The maximum atomic E-state index is 13.4. The molecule has 0 aromatic heterocycles. The fraction of sp³-hybridized carbons (Fsp3) is 0.364. The Balaban J connectivity index is 1.99. The number of hydrogen-bond acceptors (Lipinski definition) is 6. The lowest BCUT2D eigenvalue weighted by Crippen LogP contribution is -2.53. The van der Waals surface area contributed by atoms with Crippen molar-refractivity contribution in [3.63, 3.8) is 0 Å². The standard InChI is InChI=1S/C22H24BrNO6S/c1-13-5-8-15(9-6-13)24-31(27,28)12-17-19(25)16-11-14(23)7-10-18(16)30-20(17)22(2,3)21(26)29-4/h5-11,17,20,24H,12H2,1-4H3. The molecule has 1 aliphatic heterocycles. The van der Waals surface area contributed by atoms with Crippen molar-refractivity contribution in [1.29, 1.82) is 0 Å². The highest BCUT2D eigenvalue weighted by Gasteiger charge is 2.51. The Labute approximate surface area is 190 Å². The van der Waals surface area contributed by atoms with Crippen LogP contribution in [0.4, 0.5) is 5.69 Å². The SMILES string of the molecule is COC(=O)C(C)(C)C1Oc2ccc(Br)cc2C(=O)C1CS(=O)(=O)Nc1ccc(C)cc1. The zero-order valence-corrected chi connectivity index (χ0v) is 20.0. The number of carbonyl (C=O) groups is 2. The van der Waals surface area contributed by atoms with E-state index in [-0.39, 0.29) is 5.56 Å². The number of fused-ring (bicyclic) bond motifs is 1. The number of ether oxygens (including phenoxy) is 2. The number of ketones is 1. The van der Waals surface area contributed by atoms with Gasteiger partial charge >= 0.3 is 5.97 Å². The molecule has 1 N–H and O–H groups in total. The lowest BCUT2D eigenvalue weighted by Gasteiger charge is -2.40. The highest BCUT2D eigenvalue weighted by atomic mass is 79.9. The van der Waals surface area contributed by atoms with Crippen molar-refractivity contribution in [2.75, 3.05) is 17.6 Å². The fourth-order valence-electron chi connectivity index (χ4n) is 3.63. The summed E-state index contributed by atoms with van der Waals surface area (Å²) in [4.78, 5) is 25.8. The van der Waals surface area contributed by atoms with Gasteiger partial charge in [-0.2, -0.15) is 0 Å².